The Hall–Kier alpha value is -2.94. The number of nitrogens with zero attached hydrogens (tertiary/aromatic N) is 1. The van der Waals surface area contributed by atoms with Crippen LogP contribution in [0.15, 0.2) is 111 Å². The van der Waals surface area contributed by atoms with Gasteiger partial charge in [0, 0.05) is 20.0 Å². The number of fused-ring (bicyclic) bond motifs is 2. The molecular formula is C29H26BrN3O2S2. The van der Waals surface area contributed by atoms with Crippen molar-refractivity contribution in [3.05, 3.63) is 102 Å². The molecule has 3 aromatic carbocycles. The van der Waals surface area contributed by atoms with E-state index in [1.165, 1.54) is 11.8 Å². The van der Waals surface area contributed by atoms with E-state index in [1.54, 1.807) is 11.8 Å². The summed E-state index contributed by atoms with van der Waals surface area (Å²) in [5.74, 6) is -0.0561. The molecule has 2 aliphatic rings. The monoisotopic (exact) mass is 591 g/mol. The number of benzene rings is 3. The summed E-state index contributed by atoms with van der Waals surface area (Å²) >= 11 is 6.75. The molecule has 5 nitrogen and oxygen atoms in total. The predicted molar refractivity (Wildman–Crippen MR) is 159 cm³/mol. The van der Waals surface area contributed by atoms with Gasteiger partial charge in [-0.3, -0.25) is 9.69 Å². The summed E-state index contributed by atoms with van der Waals surface area (Å²) in [7, 11) is 0. The number of allylic oxidation sites excluding steroid dienone is 2. The van der Waals surface area contributed by atoms with Gasteiger partial charge in [0.15, 0.2) is 0 Å². The van der Waals surface area contributed by atoms with Crippen LogP contribution in [0.2, 0.25) is 0 Å². The summed E-state index contributed by atoms with van der Waals surface area (Å²) in [6.45, 7) is 2.00. The first-order chi connectivity index (χ1) is 18.0. The Balaban J connectivity index is 1.31. The van der Waals surface area contributed by atoms with E-state index in [9.17, 15) is 9.59 Å². The van der Waals surface area contributed by atoms with Crippen molar-refractivity contribution in [3.8, 4) is 0 Å². The minimum atomic E-state index is -0.274. The summed E-state index contributed by atoms with van der Waals surface area (Å²) in [6, 6.07) is 23.0. The number of amides is 3. The van der Waals surface area contributed by atoms with Crippen LogP contribution >= 0.6 is 39.5 Å². The Morgan fingerprint density at radius 3 is 2.62 bits per heavy atom. The Morgan fingerprint density at radius 2 is 1.78 bits per heavy atom. The lowest BCUT2D eigenvalue weighted by Gasteiger charge is -2.40. The number of carbonyl (C=O) groups excluding carboxylic acids is 2. The van der Waals surface area contributed by atoms with Gasteiger partial charge in [-0.2, -0.15) is 0 Å². The first kappa shape index (κ1) is 25.7. The molecule has 0 aromatic heterocycles. The van der Waals surface area contributed by atoms with E-state index in [2.05, 4.69) is 44.8 Å². The lowest BCUT2D eigenvalue weighted by molar-refractivity contribution is -0.115. The zero-order valence-corrected chi connectivity index (χ0v) is 23.4. The molecule has 0 spiro atoms. The lowest BCUT2D eigenvalue weighted by atomic mass is 10.1. The molecule has 8 heteroatoms. The SMILES string of the molecule is CCC(Sc1cccc(NC(=O)N2c3ccccc3SC3C=CC=CC32)c1)C(=O)Nc1ccccc1Br. The predicted octanol–water partition coefficient (Wildman–Crippen LogP) is 7.97. The Kier molecular flexibility index (Phi) is 8.08. The number of urea groups is 1. The van der Waals surface area contributed by atoms with Gasteiger partial charge < -0.3 is 10.6 Å². The Bertz CT molecular complexity index is 1380. The van der Waals surface area contributed by atoms with Crippen LogP contribution in [0.4, 0.5) is 21.9 Å². The van der Waals surface area contributed by atoms with Gasteiger partial charge in [-0.05, 0) is 64.8 Å². The average Bonchev–Trinajstić information content (AvgIpc) is 2.91. The third-order valence-electron chi connectivity index (χ3n) is 6.12. The van der Waals surface area contributed by atoms with E-state index in [0.29, 0.717) is 12.1 Å². The molecular weight excluding hydrogens is 566 g/mol. The molecule has 0 fully saturated rings. The maximum atomic E-state index is 13.6. The first-order valence-corrected chi connectivity index (χ1v) is 14.6. The van der Waals surface area contributed by atoms with Gasteiger partial charge in [-0.15, -0.1) is 23.5 Å². The van der Waals surface area contributed by atoms with E-state index >= 15 is 0 Å². The summed E-state index contributed by atoms with van der Waals surface area (Å²) in [5.41, 5.74) is 2.35. The minimum Gasteiger partial charge on any atom is -0.324 e. The van der Waals surface area contributed by atoms with Gasteiger partial charge in [-0.25, -0.2) is 4.79 Å². The smallest absolute Gasteiger partial charge is 0.324 e. The highest BCUT2D eigenvalue weighted by Gasteiger charge is 2.36. The molecule has 188 valence electrons. The number of anilines is 3. The van der Waals surface area contributed by atoms with E-state index < -0.39 is 0 Å². The molecule has 37 heavy (non-hydrogen) atoms. The Labute approximate surface area is 233 Å². The molecule has 3 unspecified atom stereocenters. The van der Waals surface area contributed by atoms with Gasteiger partial charge in [-0.1, -0.05) is 61.6 Å². The lowest BCUT2D eigenvalue weighted by Crippen LogP contribution is -2.49. The van der Waals surface area contributed by atoms with Crippen LogP contribution in [0, 0.1) is 0 Å². The van der Waals surface area contributed by atoms with Crippen molar-refractivity contribution in [2.45, 2.75) is 39.7 Å². The van der Waals surface area contributed by atoms with Gasteiger partial charge in [0.05, 0.1) is 27.9 Å². The summed E-state index contributed by atoms with van der Waals surface area (Å²) < 4.78 is 0.844. The molecule has 5 rings (SSSR count). The number of thioether (sulfide) groups is 2. The quantitative estimate of drug-likeness (QED) is 0.285. The number of carbonyl (C=O) groups is 2. The minimum absolute atomic E-state index is 0.0561. The van der Waals surface area contributed by atoms with Crippen molar-refractivity contribution in [2.24, 2.45) is 0 Å². The topological polar surface area (TPSA) is 61.4 Å². The van der Waals surface area contributed by atoms with Gasteiger partial charge >= 0.3 is 6.03 Å². The highest BCUT2D eigenvalue weighted by Crippen LogP contribution is 2.43. The molecule has 3 amide bonds. The van der Waals surface area contributed by atoms with Crippen LogP contribution < -0.4 is 15.5 Å². The van der Waals surface area contributed by atoms with Gasteiger partial charge in [0.2, 0.25) is 5.91 Å². The second kappa shape index (κ2) is 11.6. The van der Waals surface area contributed by atoms with E-state index in [4.69, 9.17) is 0 Å². The molecule has 0 saturated carbocycles. The molecule has 3 aromatic rings. The van der Waals surface area contributed by atoms with Crippen molar-refractivity contribution >= 4 is 68.5 Å². The van der Waals surface area contributed by atoms with Crippen molar-refractivity contribution in [3.63, 3.8) is 0 Å². The van der Waals surface area contributed by atoms with Gasteiger partial charge in [0.1, 0.15) is 0 Å². The van der Waals surface area contributed by atoms with Gasteiger partial charge in [0.25, 0.3) is 0 Å². The number of hydrogen-bond donors (Lipinski definition) is 2. The Morgan fingerprint density at radius 1 is 1.00 bits per heavy atom. The first-order valence-electron chi connectivity index (χ1n) is 12.1. The molecule has 1 heterocycles. The highest BCUT2D eigenvalue weighted by molar-refractivity contribution is 9.10. The molecule has 0 radical (unpaired) electrons. The zero-order valence-electron chi connectivity index (χ0n) is 20.1. The second-order valence-electron chi connectivity index (χ2n) is 8.62. The van der Waals surface area contributed by atoms with Crippen LogP contribution in [-0.4, -0.2) is 28.5 Å². The third kappa shape index (κ3) is 5.81. The zero-order chi connectivity index (χ0) is 25.8. The fourth-order valence-electron chi connectivity index (χ4n) is 4.32. The van der Waals surface area contributed by atoms with Crippen molar-refractivity contribution in [2.75, 3.05) is 15.5 Å². The molecule has 1 aliphatic carbocycles. The van der Waals surface area contributed by atoms with Crippen LogP contribution in [-0.2, 0) is 4.79 Å². The second-order valence-corrected chi connectivity index (χ2v) is 12.0. The molecule has 3 atom stereocenters. The normalized spacial score (nSPS) is 18.5. The summed E-state index contributed by atoms with van der Waals surface area (Å²) in [4.78, 5) is 30.4. The third-order valence-corrected chi connectivity index (χ3v) is 9.48. The van der Waals surface area contributed by atoms with Crippen molar-refractivity contribution < 1.29 is 9.59 Å². The molecule has 0 bridgehead atoms. The number of para-hydroxylation sites is 2. The highest BCUT2D eigenvalue weighted by atomic mass is 79.9. The maximum absolute atomic E-state index is 13.6. The maximum Gasteiger partial charge on any atom is 0.326 e. The number of halogens is 1. The van der Waals surface area contributed by atoms with Crippen LogP contribution in [0.1, 0.15) is 13.3 Å². The average molecular weight is 593 g/mol. The van der Waals surface area contributed by atoms with E-state index in [1.807, 2.05) is 90.7 Å². The number of nitrogens with one attached hydrogen (secondary N) is 2. The molecule has 1 aliphatic heterocycles. The van der Waals surface area contributed by atoms with Crippen LogP contribution in [0.5, 0.6) is 0 Å². The molecule has 0 saturated heterocycles. The number of hydrogen-bond acceptors (Lipinski definition) is 4. The number of rotatable bonds is 6. The fraction of sp³-hybridized carbons (Fsp3) is 0.172. The largest absolute Gasteiger partial charge is 0.326 e. The molecule has 2 N–H and O–H groups in total. The van der Waals surface area contributed by atoms with Crippen LogP contribution in [0.25, 0.3) is 0 Å². The fourth-order valence-corrected chi connectivity index (χ4v) is 6.97. The van der Waals surface area contributed by atoms with Crippen molar-refractivity contribution in [1.29, 1.82) is 0 Å². The summed E-state index contributed by atoms with van der Waals surface area (Å²) in [6.07, 6.45) is 8.93. The summed E-state index contributed by atoms with van der Waals surface area (Å²) in [5, 5.41) is 6.00. The van der Waals surface area contributed by atoms with Crippen LogP contribution in [0.3, 0.4) is 0 Å². The van der Waals surface area contributed by atoms with E-state index in [0.717, 1.165) is 25.6 Å². The van der Waals surface area contributed by atoms with E-state index in [-0.39, 0.29) is 28.5 Å². The van der Waals surface area contributed by atoms with Crippen molar-refractivity contribution in [1.82, 2.24) is 0 Å². The standard InChI is InChI=1S/C29H26BrN3O2S2/c1-2-25(28(34)32-22-13-4-3-12-21(22)30)36-20-11-9-10-19(18-20)31-29(35)33-23-14-5-7-16-26(23)37-27-17-8-6-15-24(27)33/h3-18,23,25-26H,2H2,1H3,(H,31,35)(H,32,34).